The van der Waals surface area contributed by atoms with E-state index in [1.165, 1.54) is 70.8 Å². The summed E-state index contributed by atoms with van der Waals surface area (Å²) in [5.74, 6) is 0. The molecule has 17 heteroatoms. The minimum Gasteiger partial charge on any atom is -0.693 e. The van der Waals surface area contributed by atoms with Crippen molar-refractivity contribution < 1.29 is 72.3 Å². The number of nitrogens with two attached hydrogens (primary N) is 5. The summed E-state index contributed by atoms with van der Waals surface area (Å²) in [6.45, 7) is 12.7. The normalized spacial score (nSPS) is 7.33. The van der Waals surface area contributed by atoms with E-state index in [1.54, 1.807) is 0 Å². The molecule has 0 aliphatic rings. The average molecular weight is 980 g/mol. The van der Waals surface area contributed by atoms with Crippen LogP contribution in [0.15, 0.2) is 0 Å². The van der Waals surface area contributed by atoms with Gasteiger partial charge in [-0.05, 0) is 19.3 Å². The fraction of sp³-hybridized carbons (Fsp3) is 0.920. The van der Waals surface area contributed by atoms with Gasteiger partial charge in [-0.25, -0.2) is 4.89 Å². The molecule has 0 bridgehead atoms. The van der Waals surface area contributed by atoms with E-state index in [-0.39, 0.29) is 72.9 Å². The van der Waals surface area contributed by atoms with Gasteiger partial charge in [0, 0.05) is 21.1 Å². The van der Waals surface area contributed by atoms with Crippen LogP contribution in [0.3, 0.4) is 0 Å². The molecule has 15 nitrogen and oxygen atoms in total. The Morgan fingerprint density at radius 1 is 0.762 bits per heavy atom. The van der Waals surface area contributed by atoms with E-state index < -0.39 is 5.09 Å². The van der Waals surface area contributed by atoms with Gasteiger partial charge in [0.05, 0.1) is 25.3 Å². The first-order valence-corrected chi connectivity index (χ1v) is 13.2. The van der Waals surface area contributed by atoms with Crippen molar-refractivity contribution in [3.63, 3.8) is 0 Å². The predicted molar refractivity (Wildman–Crippen MR) is 168 cm³/mol. The van der Waals surface area contributed by atoms with Crippen molar-refractivity contribution >= 4 is 6.15 Å². The van der Waals surface area contributed by atoms with Crippen LogP contribution in [0.2, 0.25) is 0 Å². The molecule has 0 aliphatic carbocycles. The van der Waals surface area contributed by atoms with Crippen LogP contribution in [0, 0.1) is 22.2 Å². The summed E-state index contributed by atoms with van der Waals surface area (Å²) in [5.41, 5.74) is 13.8. The van der Waals surface area contributed by atoms with Gasteiger partial charge in [-0.2, -0.15) is 29.1 Å². The molecule has 0 unspecified atom stereocenters. The fourth-order valence-corrected chi connectivity index (χ4v) is 2.29. The molecule has 13 N–H and O–H groups in total. The number of hydrogen-bond donors (Lipinski definition) is 2. The maximum absolute atomic E-state index is 8.25. The molecular formula is C25H65N8O7Pt2-3. The standard InChI is InChI=1S/C10H23N2.C7H16N.C4H10O2.C3H7.CO2.NO3.4H2N.2Pt/c1-12-10-8-6-4-2-3-5-7-9-11;1-2-3-4-5-6-7-8;1-2-3-4-6-5;1-3-2;2-1-3;2-1(3)4;;;;;;/h11-12H,2-10H2,1H3;8H,2-7H2,1H3;5H,2-4H2,1H3;1,3H2,2H3;;;4*1H2;;/q2*-1;;-1;;5*-1;;+4/p+1. The third-order valence-electron chi connectivity index (χ3n) is 4.04. The van der Waals surface area contributed by atoms with Crippen molar-refractivity contribution in [3.8, 4) is 0 Å². The van der Waals surface area contributed by atoms with Crippen LogP contribution in [0.5, 0.6) is 0 Å². The predicted octanol–water partition coefficient (Wildman–Crippen LogP) is 9.52. The Labute approximate surface area is 286 Å². The maximum Gasteiger partial charge on any atom is 4.00 e. The summed E-state index contributed by atoms with van der Waals surface area (Å²) in [6, 6.07) is 0. The molecule has 0 amide bonds. The molecule has 0 aromatic heterocycles. The van der Waals surface area contributed by atoms with E-state index in [4.69, 9.17) is 41.6 Å². The van der Waals surface area contributed by atoms with Crippen LogP contribution in [0.4, 0.5) is 0 Å². The third-order valence-corrected chi connectivity index (χ3v) is 4.04. The van der Waals surface area contributed by atoms with Crippen LogP contribution in [0.25, 0.3) is 36.1 Å². The molecule has 0 radical (unpaired) electrons. The zero-order valence-electron chi connectivity index (χ0n) is 26.5. The molecule has 0 aromatic carbocycles. The maximum atomic E-state index is 8.25. The van der Waals surface area contributed by atoms with Crippen molar-refractivity contribution in [1.82, 2.24) is 0 Å². The average Bonchev–Trinajstić information content (AvgIpc) is 2.84. The van der Waals surface area contributed by atoms with Gasteiger partial charge in [0.15, 0.2) is 0 Å². The number of nitrogens with zero attached hydrogens (tertiary/aromatic N) is 1. The second kappa shape index (κ2) is 105. The molecule has 0 atom stereocenters. The summed E-state index contributed by atoms with van der Waals surface area (Å²) in [6.07, 6.45) is 18.8. The topological polar surface area (TPSA) is 328 Å². The fourth-order valence-electron chi connectivity index (χ4n) is 2.29. The molecular weight excluding hydrogens is 914 g/mol. The monoisotopic (exact) mass is 979 g/mol. The van der Waals surface area contributed by atoms with Gasteiger partial charge in [-0.1, -0.05) is 91.4 Å². The van der Waals surface area contributed by atoms with E-state index in [2.05, 4.69) is 31.1 Å². The first-order valence-electron chi connectivity index (χ1n) is 13.2. The summed E-state index contributed by atoms with van der Waals surface area (Å²) in [4.78, 5) is 28.3. The third kappa shape index (κ3) is 214. The molecule has 0 saturated heterocycles. The Morgan fingerprint density at radius 3 is 1.24 bits per heavy atom. The minimum absolute atomic E-state index is 0. The quantitative estimate of drug-likeness (QED) is 0.0466. The minimum atomic E-state index is -1.75. The van der Waals surface area contributed by atoms with Crippen LogP contribution >= 0.6 is 0 Å². The van der Waals surface area contributed by atoms with Gasteiger partial charge in [-0.3, -0.25) is 5.26 Å². The van der Waals surface area contributed by atoms with E-state index in [1.807, 2.05) is 13.8 Å². The van der Waals surface area contributed by atoms with Crippen LogP contribution in [0.1, 0.15) is 117 Å². The van der Waals surface area contributed by atoms with Gasteiger partial charge < -0.3 is 63.6 Å². The Balaban J connectivity index is -0.0000000268. The first kappa shape index (κ1) is 78.3. The van der Waals surface area contributed by atoms with Crippen LogP contribution < -0.4 is 5.32 Å². The number of nitrogens with one attached hydrogen (secondary N) is 2. The van der Waals surface area contributed by atoms with Gasteiger partial charge >= 0.3 is 27.2 Å². The SMILES string of the molecule is CCCCCCC[NH-].CCCCOO.C[NH2+]CCCCCCCCC[NH-].O=C=O.O=[N+]([O-])[O-].[CH2-]CC.[NH2-].[NH2-].[NH2-].[NH2-].[Pt+4].[Pt]. The number of unbranched alkanes of at least 4 members (excludes halogenated alkanes) is 11. The zero-order valence-corrected chi connectivity index (χ0v) is 31.0. The van der Waals surface area contributed by atoms with Crippen LogP contribution in [-0.2, 0) is 56.6 Å². The molecule has 0 aliphatic heterocycles. The van der Waals surface area contributed by atoms with Crippen LogP contribution in [-0.4, -0.2) is 49.8 Å². The second-order valence-corrected chi connectivity index (χ2v) is 7.58. The van der Waals surface area contributed by atoms with Gasteiger partial charge in [0.25, 0.3) is 0 Å². The Kier molecular flexibility index (Phi) is 196. The van der Waals surface area contributed by atoms with Crippen molar-refractivity contribution in [3.05, 3.63) is 58.3 Å². The summed E-state index contributed by atoms with van der Waals surface area (Å²) < 4.78 is 0. The summed E-state index contributed by atoms with van der Waals surface area (Å²) >= 11 is 0. The second-order valence-electron chi connectivity index (χ2n) is 7.58. The van der Waals surface area contributed by atoms with E-state index in [9.17, 15) is 0 Å². The van der Waals surface area contributed by atoms with Crippen molar-refractivity contribution in [1.29, 1.82) is 0 Å². The van der Waals surface area contributed by atoms with Gasteiger partial charge in [0.1, 0.15) is 0 Å². The Morgan fingerprint density at radius 2 is 1.02 bits per heavy atom. The van der Waals surface area contributed by atoms with Crippen molar-refractivity contribution in [2.24, 2.45) is 0 Å². The smallest absolute Gasteiger partial charge is 0.693 e. The number of rotatable bonds is 17. The summed E-state index contributed by atoms with van der Waals surface area (Å²) in [7, 11) is 2.13. The molecule has 0 saturated carbocycles. The molecule has 0 spiro atoms. The molecule has 270 valence electrons. The molecule has 0 rings (SSSR count). The number of carbonyl (C=O) groups excluding carboxylic acids is 2. The first-order chi connectivity index (χ1) is 17.3. The van der Waals surface area contributed by atoms with Gasteiger partial charge in [-0.15, -0.1) is 0 Å². The Bertz CT molecular complexity index is 360. The van der Waals surface area contributed by atoms with E-state index >= 15 is 0 Å². The molecule has 0 aromatic rings. The van der Waals surface area contributed by atoms with Gasteiger partial charge in [0.2, 0.25) is 0 Å². The summed E-state index contributed by atoms with van der Waals surface area (Å²) in [5, 5.41) is 24.7. The van der Waals surface area contributed by atoms with E-state index in [0.717, 1.165) is 32.1 Å². The molecule has 42 heavy (non-hydrogen) atoms. The number of hydrogen-bond acceptors (Lipinski definition) is 7. The number of quaternary nitrogens is 1. The zero-order chi connectivity index (χ0) is 29.1. The van der Waals surface area contributed by atoms with E-state index in [0.29, 0.717) is 19.7 Å². The largest absolute Gasteiger partial charge is 4.00 e. The van der Waals surface area contributed by atoms with Crippen molar-refractivity contribution in [2.45, 2.75) is 117 Å². The molecule has 0 fully saturated rings. The molecule has 0 heterocycles. The van der Waals surface area contributed by atoms with Crippen molar-refractivity contribution in [2.75, 3.05) is 33.3 Å². The Hall–Kier alpha value is -0.403.